The van der Waals surface area contributed by atoms with Crippen LogP contribution in [-0.2, 0) is 28.9 Å². The van der Waals surface area contributed by atoms with Gasteiger partial charge < -0.3 is 19.4 Å². The first kappa shape index (κ1) is 28.2. The van der Waals surface area contributed by atoms with Crippen molar-refractivity contribution in [2.45, 2.75) is 71.5 Å². The van der Waals surface area contributed by atoms with E-state index in [0.29, 0.717) is 41.4 Å². The lowest BCUT2D eigenvalue weighted by molar-refractivity contribution is -0.113. The third-order valence-electron chi connectivity index (χ3n) is 6.22. The summed E-state index contributed by atoms with van der Waals surface area (Å²) in [6, 6.07) is 7.84. The number of hydrogen-bond acceptors (Lipinski definition) is 8. The van der Waals surface area contributed by atoms with Gasteiger partial charge in [-0.25, -0.2) is 4.79 Å². The molecule has 0 spiro atoms. The van der Waals surface area contributed by atoms with Crippen LogP contribution in [0.1, 0.15) is 67.8 Å². The minimum Gasteiger partial charge on any atom is -0.493 e. The van der Waals surface area contributed by atoms with Crippen LogP contribution in [0.25, 0.3) is 11.4 Å². The number of fused-ring (bicyclic) bond motifs is 1. The van der Waals surface area contributed by atoms with Crippen LogP contribution >= 0.6 is 23.1 Å². The summed E-state index contributed by atoms with van der Waals surface area (Å²) >= 11 is 2.84. The highest BCUT2D eigenvalue weighted by molar-refractivity contribution is 7.99. The number of amides is 1. The standard InChI is InChI=1S/C28H36N4O4S2/c1-5-32-25(19-12-14-20(15-13-19)36-16-18(3)4)30-31-28(32)37-17-23(33)29-26-24(27(34)35-6-2)21-10-8-7-9-11-22(21)38-26/h12-15,18H,5-11,16-17H2,1-4H3,(H,29,33). The number of esters is 1. The fraction of sp³-hybridized carbons (Fsp3) is 0.500. The molecule has 0 fully saturated rings. The van der Waals surface area contributed by atoms with Crippen molar-refractivity contribution in [3.8, 4) is 17.1 Å². The Morgan fingerprint density at radius 2 is 1.87 bits per heavy atom. The van der Waals surface area contributed by atoms with E-state index in [9.17, 15) is 9.59 Å². The van der Waals surface area contributed by atoms with Gasteiger partial charge >= 0.3 is 5.97 Å². The Labute approximate surface area is 232 Å². The molecule has 0 unspecified atom stereocenters. The van der Waals surface area contributed by atoms with Crippen LogP contribution in [0.3, 0.4) is 0 Å². The second-order valence-electron chi connectivity index (χ2n) is 9.61. The summed E-state index contributed by atoms with van der Waals surface area (Å²) in [5.74, 6) is 1.65. The first-order valence-corrected chi connectivity index (χ1v) is 15.1. The molecule has 0 saturated carbocycles. The number of anilines is 1. The predicted octanol–water partition coefficient (Wildman–Crippen LogP) is 6.24. The van der Waals surface area contributed by atoms with Gasteiger partial charge in [-0.15, -0.1) is 21.5 Å². The highest BCUT2D eigenvalue weighted by atomic mass is 32.2. The summed E-state index contributed by atoms with van der Waals surface area (Å²) in [4.78, 5) is 26.9. The minimum atomic E-state index is -0.356. The van der Waals surface area contributed by atoms with Gasteiger partial charge in [-0.3, -0.25) is 4.79 Å². The molecule has 0 radical (unpaired) electrons. The molecule has 204 valence electrons. The number of rotatable bonds is 11. The lowest BCUT2D eigenvalue weighted by Gasteiger charge is -2.10. The van der Waals surface area contributed by atoms with Crippen LogP contribution in [0.2, 0.25) is 0 Å². The van der Waals surface area contributed by atoms with Crippen LogP contribution in [0.4, 0.5) is 5.00 Å². The topological polar surface area (TPSA) is 95.3 Å². The lowest BCUT2D eigenvalue weighted by Crippen LogP contribution is -2.17. The molecule has 0 saturated heterocycles. The molecule has 1 aliphatic carbocycles. The van der Waals surface area contributed by atoms with Crippen molar-refractivity contribution in [1.82, 2.24) is 14.8 Å². The van der Waals surface area contributed by atoms with E-state index in [1.807, 2.05) is 35.8 Å². The number of thiophene rings is 1. The number of carbonyl (C=O) groups excluding carboxylic acids is 2. The van der Waals surface area contributed by atoms with Crippen molar-refractivity contribution < 1.29 is 19.1 Å². The normalized spacial score (nSPS) is 13.2. The van der Waals surface area contributed by atoms with E-state index < -0.39 is 0 Å². The van der Waals surface area contributed by atoms with Gasteiger partial charge in [0.15, 0.2) is 11.0 Å². The van der Waals surface area contributed by atoms with E-state index in [1.165, 1.54) is 28.0 Å². The van der Waals surface area contributed by atoms with E-state index in [4.69, 9.17) is 9.47 Å². The van der Waals surface area contributed by atoms with Gasteiger partial charge in [-0.1, -0.05) is 32.0 Å². The van der Waals surface area contributed by atoms with Crippen LogP contribution in [-0.4, -0.2) is 45.6 Å². The Balaban J connectivity index is 1.44. The maximum absolute atomic E-state index is 13.0. The quantitative estimate of drug-likeness (QED) is 0.170. The summed E-state index contributed by atoms with van der Waals surface area (Å²) in [6.45, 7) is 9.70. The second kappa shape index (κ2) is 13.3. The second-order valence-corrected chi connectivity index (χ2v) is 11.7. The molecule has 10 heteroatoms. The zero-order chi connectivity index (χ0) is 27.1. The van der Waals surface area contributed by atoms with Crippen LogP contribution in [0, 0.1) is 5.92 Å². The third kappa shape index (κ3) is 6.77. The van der Waals surface area contributed by atoms with E-state index in [0.717, 1.165) is 54.8 Å². The number of hydrogen-bond donors (Lipinski definition) is 1. The number of nitrogens with zero attached hydrogens (tertiary/aromatic N) is 3. The van der Waals surface area contributed by atoms with Crippen molar-refractivity contribution in [2.75, 3.05) is 24.3 Å². The molecular formula is C28H36N4O4S2. The molecular weight excluding hydrogens is 520 g/mol. The molecule has 3 aromatic rings. The highest BCUT2D eigenvalue weighted by Crippen LogP contribution is 2.38. The van der Waals surface area contributed by atoms with Gasteiger partial charge in [0.05, 0.1) is 24.5 Å². The van der Waals surface area contributed by atoms with Crippen LogP contribution in [0.5, 0.6) is 5.75 Å². The minimum absolute atomic E-state index is 0.158. The summed E-state index contributed by atoms with van der Waals surface area (Å²) < 4.78 is 13.1. The zero-order valence-electron chi connectivity index (χ0n) is 22.5. The molecule has 0 aliphatic heterocycles. The van der Waals surface area contributed by atoms with Gasteiger partial charge in [0.2, 0.25) is 5.91 Å². The molecule has 38 heavy (non-hydrogen) atoms. The van der Waals surface area contributed by atoms with Gasteiger partial charge in [-0.2, -0.15) is 0 Å². The largest absolute Gasteiger partial charge is 0.493 e. The molecule has 2 heterocycles. The number of aryl methyl sites for hydroxylation is 1. The average molecular weight is 557 g/mol. The lowest BCUT2D eigenvalue weighted by atomic mass is 10.1. The molecule has 8 nitrogen and oxygen atoms in total. The smallest absolute Gasteiger partial charge is 0.341 e. The third-order valence-corrected chi connectivity index (χ3v) is 8.39. The van der Waals surface area contributed by atoms with E-state index in [2.05, 4.69) is 29.4 Å². The van der Waals surface area contributed by atoms with Crippen molar-refractivity contribution in [3.63, 3.8) is 0 Å². The Bertz CT molecular complexity index is 1250. The van der Waals surface area contributed by atoms with Crippen molar-refractivity contribution in [1.29, 1.82) is 0 Å². The summed E-state index contributed by atoms with van der Waals surface area (Å²) in [6.07, 6.45) is 5.07. The number of thioether (sulfide) groups is 1. The molecule has 1 N–H and O–H groups in total. The van der Waals surface area contributed by atoms with Gasteiger partial charge in [0.25, 0.3) is 0 Å². The summed E-state index contributed by atoms with van der Waals surface area (Å²) in [5.41, 5.74) is 2.52. The molecule has 1 aliphatic rings. The zero-order valence-corrected chi connectivity index (χ0v) is 24.2. The maximum Gasteiger partial charge on any atom is 0.341 e. The Morgan fingerprint density at radius 1 is 1.11 bits per heavy atom. The van der Waals surface area contributed by atoms with Crippen molar-refractivity contribution in [3.05, 3.63) is 40.3 Å². The SMILES string of the molecule is CCOC(=O)c1c(NC(=O)CSc2nnc(-c3ccc(OCC(C)C)cc3)n2CC)sc2c1CCCCC2. The van der Waals surface area contributed by atoms with Crippen LogP contribution in [0.15, 0.2) is 29.4 Å². The number of carbonyl (C=O) groups is 2. The molecule has 1 aromatic carbocycles. The summed E-state index contributed by atoms with van der Waals surface area (Å²) in [5, 5.41) is 13.0. The summed E-state index contributed by atoms with van der Waals surface area (Å²) in [7, 11) is 0. The number of aromatic nitrogens is 3. The fourth-order valence-electron chi connectivity index (χ4n) is 4.40. The van der Waals surface area contributed by atoms with Crippen molar-refractivity contribution in [2.24, 2.45) is 5.92 Å². The molecule has 4 rings (SSSR count). The molecule has 0 bridgehead atoms. The molecule has 1 amide bonds. The first-order valence-electron chi connectivity index (χ1n) is 13.3. The number of nitrogens with one attached hydrogen (secondary N) is 1. The Hall–Kier alpha value is -2.85. The molecule has 0 atom stereocenters. The van der Waals surface area contributed by atoms with E-state index in [1.54, 1.807) is 6.92 Å². The Morgan fingerprint density at radius 3 is 2.58 bits per heavy atom. The monoisotopic (exact) mass is 556 g/mol. The number of ether oxygens (including phenoxy) is 2. The maximum atomic E-state index is 13.0. The van der Waals surface area contributed by atoms with Gasteiger partial charge in [0, 0.05) is 17.0 Å². The van der Waals surface area contributed by atoms with Crippen molar-refractivity contribution >= 4 is 40.0 Å². The molecule has 2 aromatic heterocycles. The Kier molecular flexibility index (Phi) is 9.85. The average Bonchev–Trinajstić information content (AvgIpc) is 3.39. The predicted molar refractivity (Wildman–Crippen MR) is 152 cm³/mol. The van der Waals surface area contributed by atoms with Gasteiger partial charge in [-0.05, 0) is 75.3 Å². The van der Waals surface area contributed by atoms with Crippen LogP contribution < -0.4 is 10.1 Å². The fourth-order valence-corrected chi connectivity index (χ4v) is 6.50. The van der Waals surface area contributed by atoms with Gasteiger partial charge in [0.1, 0.15) is 10.8 Å². The first-order chi connectivity index (χ1) is 18.4. The number of benzene rings is 1. The van der Waals surface area contributed by atoms with E-state index >= 15 is 0 Å². The highest BCUT2D eigenvalue weighted by Gasteiger charge is 2.27. The van der Waals surface area contributed by atoms with E-state index in [-0.39, 0.29) is 17.6 Å².